The summed E-state index contributed by atoms with van der Waals surface area (Å²) < 4.78 is 61.2. The standard InChI is InChI=1S/C25H23F4N5O3/c1-12-14-7-5-6-13(21(14)23(36)34(12)3)8-18-16(25(27,28)29)11-31-24(32-18)33-19-10-17(26)15(22(35)30-2)9-20(19)37-4/h5-7,9-12H,8H2,1-4H3,(H,30,35)(H,31,32,33). The number of aromatic nitrogens is 2. The molecule has 0 fully saturated rings. The third-order valence-corrected chi connectivity index (χ3v) is 6.29. The predicted molar refractivity (Wildman–Crippen MR) is 126 cm³/mol. The van der Waals surface area contributed by atoms with Crippen molar-refractivity contribution in [3.05, 3.63) is 75.9 Å². The minimum Gasteiger partial charge on any atom is -0.495 e. The normalized spacial score (nSPS) is 15.0. The van der Waals surface area contributed by atoms with Crippen LogP contribution < -0.4 is 15.4 Å². The van der Waals surface area contributed by atoms with Crippen molar-refractivity contribution in [2.24, 2.45) is 0 Å². The number of halogens is 4. The fourth-order valence-electron chi connectivity index (χ4n) is 4.22. The first-order valence-corrected chi connectivity index (χ1v) is 11.1. The molecule has 194 valence electrons. The van der Waals surface area contributed by atoms with Gasteiger partial charge in [-0.3, -0.25) is 9.59 Å². The Bertz CT molecular complexity index is 1390. The number of rotatable bonds is 6. The maximum Gasteiger partial charge on any atom is 0.419 e. The van der Waals surface area contributed by atoms with Crippen molar-refractivity contribution in [2.75, 3.05) is 26.5 Å². The number of benzene rings is 2. The molecule has 0 saturated carbocycles. The summed E-state index contributed by atoms with van der Waals surface area (Å²) in [6.45, 7) is 1.84. The number of hydrogen-bond donors (Lipinski definition) is 2. The molecule has 2 N–H and O–H groups in total. The van der Waals surface area contributed by atoms with Gasteiger partial charge in [0.05, 0.1) is 35.7 Å². The highest BCUT2D eigenvalue weighted by Gasteiger charge is 2.37. The van der Waals surface area contributed by atoms with Crippen molar-refractivity contribution in [1.82, 2.24) is 20.2 Å². The van der Waals surface area contributed by atoms with Crippen LogP contribution >= 0.6 is 0 Å². The van der Waals surface area contributed by atoms with Crippen LogP contribution in [0.5, 0.6) is 5.75 Å². The van der Waals surface area contributed by atoms with E-state index in [9.17, 15) is 27.2 Å². The molecule has 8 nitrogen and oxygen atoms in total. The van der Waals surface area contributed by atoms with Gasteiger partial charge in [-0.2, -0.15) is 13.2 Å². The zero-order chi connectivity index (χ0) is 27.1. The molecule has 12 heteroatoms. The lowest BCUT2D eigenvalue weighted by atomic mass is 9.96. The van der Waals surface area contributed by atoms with Crippen LogP contribution in [0.3, 0.4) is 0 Å². The quantitative estimate of drug-likeness (QED) is 0.468. The van der Waals surface area contributed by atoms with E-state index in [4.69, 9.17) is 4.74 Å². The fourth-order valence-corrected chi connectivity index (χ4v) is 4.22. The van der Waals surface area contributed by atoms with Crippen molar-refractivity contribution in [3.63, 3.8) is 0 Å². The van der Waals surface area contributed by atoms with Crippen LogP contribution in [0.1, 0.15) is 56.1 Å². The number of carbonyl (C=O) groups is 2. The summed E-state index contributed by atoms with van der Waals surface area (Å²) in [7, 11) is 4.26. The summed E-state index contributed by atoms with van der Waals surface area (Å²) >= 11 is 0. The van der Waals surface area contributed by atoms with Crippen LogP contribution in [-0.2, 0) is 12.6 Å². The number of methoxy groups -OCH3 is 1. The highest BCUT2D eigenvalue weighted by molar-refractivity contribution is 6.00. The van der Waals surface area contributed by atoms with Crippen LogP contribution in [0.15, 0.2) is 36.5 Å². The highest BCUT2D eigenvalue weighted by atomic mass is 19.4. The van der Waals surface area contributed by atoms with Crippen molar-refractivity contribution < 1.29 is 31.9 Å². The number of hydrogen-bond acceptors (Lipinski definition) is 6. The fraction of sp³-hybridized carbons (Fsp3) is 0.280. The Morgan fingerprint density at radius 1 is 1.24 bits per heavy atom. The topological polar surface area (TPSA) is 96.4 Å². The Morgan fingerprint density at radius 2 is 1.97 bits per heavy atom. The Kier molecular flexibility index (Phi) is 6.76. The van der Waals surface area contributed by atoms with E-state index in [2.05, 4.69) is 20.6 Å². The number of nitrogens with one attached hydrogen (secondary N) is 2. The molecule has 2 heterocycles. The monoisotopic (exact) mass is 517 g/mol. The van der Waals surface area contributed by atoms with Crippen molar-refractivity contribution in [3.8, 4) is 5.75 Å². The van der Waals surface area contributed by atoms with Gasteiger partial charge in [0.15, 0.2) is 0 Å². The number of nitrogens with zero attached hydrogens (tertiary/aromatic N) is 3. The molecule has 0 radical (unpaired) electrons. The molecule has 0 aliphatic carbocycles. The summed E-state index contributed by atoms with van der Waals surface area (Å²) in [5, 5.41) is 4.97. The van der Waals surface area contributed by atoms with Crippen LogP contribution in [0.4, 0.5) is 29.2 Å². The maximum absolute atomic E-state index is 14.5. The molecule has 1 aliphatic heterocycles. The lowest BCUT2D eigenvalue weighted by molar-refractivity contribution is -0.138. The molecule has 1 aromatic heterocycles. The largest absolute Gasteiger partial charge is 0.495 e. The molecule has 4 rings (SSSR count). The number of anilines is 2. The van der Waals surface area contributed by atoms with E-state index in [0.717, 1.165) is 17.7 Å². The van der Waals surface area contributed by atoms with Gasteiger partial charge in [-0.15, -0.1) is 0 Å². The third kappa shape index (κ3) is 4.78. The minimum atomic E-state index is -4.75. The van der Waals surface area contributed by atoms with E-state index in [-0.39, 0.29) is 47.0 Å². The molecule has 1 unspecified atom stereocenters. The zero-order valence-electron chi connectivity index (χ0n) is 20.3. The summed E-state index contributed by atoms with van der Waals surface area (Å²) in [6.07, 6.45) is -4.41. The summed E-state index contributed by atoms with van der Waals surface area (Å²) in [5.74, 6) is -2.05. The van der Waals surface area contributed by atoms with Gasteiger partial charge in [0.2, 0.25) is 5.95 Å². The maximum atomic E-state index is 14.5. The average Bonchev–Trinajstić information content (AvgIpc) is 3.07. The Morgan fingerprint density at radius 3 is 2.62 bits per heavy atom. The van der Waals surface area contributed by atoms with Gasteiger partial charge in [-0.05, 0) is 24.1 Å². The molecular formula is C25H23F4N5O3. The smallest absolute Gasteiger partial charge is 0.419 e. The van der Waals surface area contributed by atoms with Gasteiger partial charge < -0.3 is 20.3 Å². The van der Waals surface area contributed by atoms with E-state index in [1.54, 1.807) is 25.2 Å². The minimum absolute atomic E-state index is 0.00425. The zero-order valence-corrected chi connectivity index (χ0v) is 20.3. The Balaban J connectivity index is 1.75. The van der Waals surface area contributed by atoms with E-state index in [1.165, 1.54) is 19.1 Å². The first kappa shape index (κ1) is 25.9. The molecule has 0 spiro atoms. The second kappa shape index (κ2) is 9.68. The SMILES string of the molecule is CNC(=O)c1cc(OC)c(Nc2ncc(C(F)(F)F)c(Cc3cccc4c3C(=O)N(C)C4C)n2)cc1F. The van der Waals surface area contributed by atoms with Gasteiger partial charge in [0.1, 0.15) is 11.6 Å². The van der Waals surface area contributed by atoms with Crippen molar-refractivity contribution in [2.45, 2.75) is 25.6 Å². The van der Waals surface area contributed by atoms with Gasteiger partial charge in [-0.1, -0.05) is 18.2 Å². The third-order valence-electron chi connectivity index (χ3n) is 6.29. The summed E-state index contributed by atoms with van der Waals surface area (Å²) in [4.78, 5) is 34.0. The number of fused-ring (bicyclic) bond motifs is 1. The second-order valence-electron chi connectivity index (χ2n) is 8.44. The van der Waals surface area contributed by atoms with Crippen LogP contribution in [0.2, 0.25) is 0 Å². The molecule has 1 atom stereocenters. The first-order chi connectivity index (χ1) is 17.5. The van der Waals surface area contributed by atoms with E-state index < -0.39 is 23.5 Å². The van der Waals surface area contributed by atoms with Gasteiger partial charge in [0.25, 0.3) is 11.8 Å². The molecule has 2 aromatic carbocycles. The second-order valence-corrected chi connectivity index (χ2v) is 8.44. The van der Waals surface area contributed by atoms with Gasteiger partial charge >= 0.3 is 6.18 Å². The summed E-state index contributed by atoms with van der Waals surface area (Å²) in [5.41, 5.74) is -0.224. The van der Waals surface area contributed by atoms with Gasteiger partial charge in [0, 0.05) is 38.3 Å². The van der Waals surface area contributed by atoms with E-state index in [1.807, 2.05) is 6.92 Å². The molecule has 1 aliphatic rings. The number of amides is 2. The van der Waals surface area contributed by atoms with Crippen LogP contribution in [0.25, 0.3) is 0 Å². The van der Waals surface area contributed by atoms with Crippen molar-refractivity contribution in [1.29, 1.82) is 0 Å². The number of ether oxygens (including phenoxy) is 1. The average molecular weight is 517 g/mol. The lowest BCUT2D eigenvalue weighted by Crippen LogP contribution is -2.21. The predicted octanol–water partition coefficient (Wildman–Crippen LogP) is 4.48. The van der Waals surface area contributed by atoms with Gasteiger partial charge in [-0.25, -0.2) is 14.4 Å². The van der Waals surface area contributed by atoms with Crippen LogP contribution in [-0.4, -0.2) is 47.9 Å². The molecule has 2 amide bonds. The summed E-state index contributed by atoms with van der Waals surface area (Å²) in [6, 6.07) is 6.95. The highest BCUT2D eigenvalue weighted by Crippen LogP contribution is 2.37. The van der Waals surface area contributed by atoms with Crippen molar-refractivity contribution >= 4 is 23.5 Å². The molecule has 0 bridgehead atoms. The van der Waals surface area contributed by atoms with E-state index in [0.29, 0.717) is 17.3 Å². The number of alkyl halides is 3. The Labute approximate surface area is 209 Å². The molecule has 37 heavy (non-hydrogen) atoms. The van der Waals surface area contributed by atoms with E-state index >= 15 is 0 Å². The first-order valence-electron chi connectivity index (χ1n) is 11.1. The Hall–Kier alpha value is -4.22. The lowest BCUT2D eigenvalue weighted by Gasteiger charge is -2.16. The number of carbonyl (C=O) groups excluding carboxylic acids is 2. The molecular weight excluding hydrogens is 494 g/mol. The molecule has 0 saturated heterocycles. The molecule has 3 aromatic rings. The van der Waals surface area contributed by atoms with Crippen LogP contribution in [0, 0.1) is 5.82 Å².